The van der Waals surface area contributed by atoms with Gasteiger partial charge < -0.3 is 10.6 Å². The summed E-state index contributed by atoms with van der Waals surface area (Å²) in [6.45, 7) is 14.5. The van der Waals surface area contributed by atoms with Gasteiger partial charge in [-0.15, -0.1) is 0 Å². The van der Waals surface area contributed by atoms with Crippen molar-refractivity contribution in [2.45, 2.75) is 119 Å². The van der Waals surface area contributed by atoms with Gasteiger partial charge >= 0.3 is 0 Å². The molecule has 1 aromatic rings. The summed E-state index contributed by atoms with van der Waals surface area (Å²) in [6, 6.07) is 7.91. The van der Waals surface area contributed by atoms with E-state index in [0.717, 1.165) is 49.9 Å². The summed E-state index contributed by atoms with van der Waals surface area (Å²) in [5, 5.41) is 6.65. The monoisotopic (exact) mass is 516 g/mol. The average molecular weight is 517 g/mol. The zero-order chi connectivity index (χ0) is 27.0. The fourth-order valence-corrected chi connectivity index (χ4v) is 14.3. The van der Waals surface area contributed by atoms with Crippen molar-refractivity contribution in [2.24, 2.45) is 43.3 Å². The summed E-state index contributed by atoms with van der Waals surface area (Å²) in [5.41, 5.74) is 2.69. The molecule has 0 atom stereocenters. The van der Waals surface area contributed by atoms with Crippen LogP contribution in [0.25, 0.3) is 0 Å². The molecule has 8 fully saturated rings. The van der Waals surface area contributed by atoms with Crippen molar-refractivity contribution in [1.29, 1.82) is 0 Å². The number of hydrogen-bond acceptors (Lipinski definition) is 2. The number of carbonyl (C=O) groups excluding carboxylic acids is 2. The summed E-state index contributed by atoms with van der Waals surface area (Å²) in [5.74, 6) is 0.386. The van der Waals surface area contributed by atoms with E-state index in [1.54, 1.807) is 0 Å². The number of nitrogens with one attached hydrogen (secondary N) is 2. The highest BCUT2D eigenvalue weighted by molar-refractivity contribution is 5.98. The van der Waals surface area contributed by atoms with Crippen molar-refractivity contribution in [3.63, 3.8) is 0 Å². The van der Waals surface area contributed by atoms with Gasteiger partial charge in [0.1, 0.15) is 0 Å². The first kappa shape index (κ1) is 25.1. The standard InChI is InChI=1S/C34H48N2O2/c1-27-11-28(2)13-29(3,12-27)19-33(17-27,18-28)25(37)35-23-8-7-9-24(10-23)36-26(38)34-20-30(4)14-31(5,21-34)16-32(6,15-30)22-34/h7-10H,11-22H2,1-6H3,(H,35,37)(H,36,38). The molecule has 8 aliphatic rings. The van der Waals surface area contributed by atoms with Crippen LogP contribution in [0.2, 0.25) is 0 Å². The van der Waals surface area contributed by atoms with Crippen LogP contribution in [0, 0.1) is 43.3 Å². The van der Waals surface area contributed by atoms with Crippen molar-refractivity contribution in [3.8, 4) is 0 Å². The zero-order valence-corrected chi connectivity index (χ0v) is 24.6. The van der Waals surface area contributed by atoms with Crippen molar-refractivity contribution in [3.05, 3.63) is 24.3 Å². The van der Waals surface area contributed by atoms with E-state index < -0.39 is 0 Å². The van der Waals surface area contributed by atoms with Gasteiger partial charge in [0.2, 0.25) is 11.8 Å². The van der Waals surface area contributed by atoms with Crippen LogP contribution >= 0.6 is 0 Å². The summed E-state index contributed by atoms with van der Waals surface area (Å²) in [6.07, 6.45) is 13.6. The minimum Gasteiger partial charge on any atom is -0.326 e. The first-order valence-electron chi connectivity index (χ1n) is 15.2. The summed E-state index contributed by atoms with van der Waals surface area (Å²) in [7, 11) is 0. The van der Waals surface area contributed by atoms with Gasteiger partial charge in [0.15, 0.2) is 0 Å². The highest BCUT2D eigenvalue weighted by Crippen LogP contribution is 2.75. The predicted molar refractivity (Wildman–Crippen MR) is 153 cm³/mol. The van der Waals surface area contributed by atoms with E-state index in [1.807, 2.05) is 24.3 Å². The number of amides is 2. The Labute approximate surface area is 229 Å². The third kappa shape index (κ3) is 3.74. The molecule has 9 rings (SSSR count). The second kappa shape index (κ2) is 7.07. The Bertz CT molecular complexity index is 1050. The second-order valence-corrected chi connectivity index (χ2v) is 18.0. The molecular weight excluding hydrogens is 468 g/mol. The highest BCUT2D eigenvalue weighted by Gasteiger charge is 2.67. The molecule has 8 bridgehead atoms. The molecule has 2 N–H and O–H groups in total. The van der Waals surface area contributed by atoms with Crippen molar-refractivity contribution >= 4 is 23.2 Å². The van der Waals surface area contributed by atoms with E-state index in [9.17, 15) is 9.59 Å². The molecule has 0 heterocycles. The van der Waals surface area contributed by atoms with Gasteiger partial charge in [-0.1, -0.05) is 47.6 Å². The molecule has 0 unspecified atom stereocenters. The van der Waals surface area contributed by atoms with E-state index in [2.05, 4.69) is 52.2 Å². The van der Waals surface area contributed by atoms with E-state index in [4.69, 9.17) is 0 Å². The Balaban J connectivity index is 1.10. The quantitative estimate of drug-likeness (QED) is 0.422. The van der Waals surface area contributed by atoms with Gasteiger partial charge in [-0.3, -0.25) is 9.59 Å². The number of carbonyl (C=O) groups is 2. The average Bonchev–Trinajstić information content (AvgIpc) is 2.67. The Kier molecular flexibility index (Phi) is 4.68. The normalized spacial score (nSPS) is 51.7. The van der Waals surface area contributed by atoms with Crippen LogP contribution in [0.5, 0.6) is 0 Å². The summed E-state index contributed by atoms with van der Waals surface area (Å²) >= 11 is 0. The number of rotatable bonds is 4. The number of anilines is 2. The number of benzene rings is 1. The largest absolute Gasteiger partial charge is 0.326 e. The fourth-order valence-electron chi connectivity index (χ4n) is 14.3. The lowest BCUT2D eigenvalue weighted by Gasteiger charge is -2.68. The minimum atomic E-state index is -0.272. The van der Waals surface area contributed by atoms with E-state index >= 15 is 0 Å². The van der Waals surface area contributed by atoms with Crippen LogP contribution in [0.4, 0.5) is 11.4 Å². The predicted octanol–water partition coefficient (Wildman–Crippen LogP) is 8.34. The lowest BCUT2D eigenvalue weighted by molar-refractivity contribution is -0.188. The molecule has 8 aliphatic carbocycles. The van der Waals surface area contributed by atoms with E-state index in [0.29, 0.717) is 0 Å². The van der Waals surface area contributed by atoms with Crippen molar-refractivity contribution in [1.82, 2.24) is 0 Å². The third-order valence-electron chi connectivity index (χ3n) is 12.1. The molecule has 38 heavy (non-hydrogen) atoms. The van der Waals surface area contributed by atoms with Crippen LogP contribution in [-0.2, 0) is 9.59 Å². The van der Waals surface area contributed by atoms with Gasteiger partial charge in [0.25, 0.3) is 0 Å². The molecule has 0 saturated heterocycles. The Morgan fingerprint density at radius 3 is 1.03 bits per heavy atom. The molecule has 4 heteroatoms. The maximum absolute atomic E-state index is 14.0. The fraction of sp³-hybridized carbons (Fsp3) is 0.765. The Morgan fingerprint density at radius 2 is 0.763 bits per heavy atom. The minimum absolute atomic E-state index is 0.193. The lowest BCUT2D eigenvalue weighted by atomic mass is 9.36. The maximum atomic E-state index is 14.0. The van der Waals surface area contributed by atoms with E-state index in [1.165, 1.54) is 38.5 Å². The number of hydrogen-bond donors (Lipinski definition) is 2. The molecule has 8 saturated carbocycles. The molecule has 0 aromatic heterocycles. The Hall–Kier alpha value is -1.84. The maximum Gasteiger partial charge on any atom is 0.230 e. The smallest absolute Gasteiger partial charge is 0.230 e. The van der Waals surface area contributed by atoms with Crippen LogP contribution < -0.4 is 10.6 Å². The SMILES string of the molecule is CC12CC3(C)CC(C)(C1)CC(C(=O)Nc1cccc(NC(=O)C45CC6(C)CC(C)(CC(C)(C6)C4)C5)c1)(C2)C3. The summed E-state index contributed by atoms with van der Waals surface area (Å²) < 4.78 is 0. The van der Waals surface area contributed by atoms with Crippen LogP contribution in [0.15, 0.2) is 24.3 Å². The van der Waals surface area contributed by atoms with Gasteiger partial charge in [0, 0.05) is 11.4 Å². The van der Waals surface area contributed by atoms with Crippen LogP contribution in [0.3, 0.4) is 0 Å². The zero-order valence-electron chi connectivity index (χ0n) is 24.6. The van der Waals surface area contributed by atoms with Crippen LogP contribution in [-0.4, -0.2) is 11.8 Å². The molecule has 2 amide bonds. The molecule has 0 aliphatic heterocycles. The molecular formula is C34H48N2O2. The lowest BCUT2D eigenvalue weighted by Crippen LogP contribution is -2.62. The van der Waals surface area contributed by atoms with Crippen molar-refractivity contribution in [2.75, 3.05) is 10.6 Å². The molecule has 4 nitrogen and oxygen atoms in total. The molecule has 0 radical (unpaired) electrons. The molecule has 206 valence electrons. The van der Waals surface area contributed by atoms with Gasteiger partial charge in [-0.25, -0.2) is 0 Å². The van der Waals surface area contributed by atoms with Gasteiger partial charge in [-0.2, -0.15) is 0 Å². The molecule has 1 aromatic carbocycles. The van der Waals surface area contributed by atoms with Gasteiger partial charge in [-0.05, 0) is 128 Å². The Morgan fingerprint density at radius 1 is 0.500 bits per heavy atom. The van der Waals surface area contributed by atoms with Crippen LogP contribution in [0.1, 0.15) is 119 Å². The van der Waals surface area contributed by atoms with E-state index in [-0.39, 0.29) is 55.1 Å². The summed E-state index contributed by atoms with van der Waals surface area (Å²) in [4.78, 5) is 27.9. The third-order valence-corrected chi connectivity index (χ3v) is 12.1. The second-order valence-electron chi connectivity index (χ2n) is 18.0. The van der Waals surface area contributed by atoms with Crippen molar-refractivity contribution < 1.29 is 9.59 Å². The highest BCUT2D eigenvalue weighted by atomic mass is 16.2. The topological polar surface area (TPSA) is 58.2 Å². The molecule has 0 spiro atoms. The first-order chi connectivity index (χ1) is 17.5. The van der Waals surface area contributed by atoms with Gasteiger partial charge in [0.05, 0.1) is 10.8 Å². The first-order valence-corrected chi connectivity index (χ1v) is 15.2.